The minimum absolute atomic E-state index is 0.0195. The van der Waals surface area contributed by atoms with E-state index in [-0.39, 0.29) is 11.6 Å². The van der Waals surface area contributed by atoms with Gasteiger partial charge in [0.1, 0.15) is 17.0 Å². The van der Waals surface area contributed by atoms with Crippen LogP contribution in [0.3, 0.4) is 0 Å². The number of pyridine rings is 1. The first-order chi connectivity index (χ1) is 13.5. The van der Waals surface area contributed by atoms with Gasteiger partial charge in [0.2, 0.25) is 0 Å². The maximum atomic E-state index is 13.0. The molecule has 5 nitrogen and oxygen atoms in total. The average Bonchev–Trinajstić information content (AvgIpc) is 3.51. The van der Waals surface area contributed by atoms with E-state index in [0.717, 1.165) is 45.6 Å². The third-order valence-electron chi connectivity index (χ3n) is 5.88. The van der Waals surface area contributed by atoms with Gasteiger partial charge in [-0.05, 0) is 75.3 Å². The summed E-state index contributed by atoms with van der Waals surface area (Å²) in [4.78, 5) is 22.4. The number of nitrogens with zero attached hydrogens (tertiary/aromatic N) is 3. The minimum atomic E-state index is 0.0195. The van der Waals surface area contributed by atoms with Crippen LogP contribution in [0.2, 0.25) is 0 Å². The molecule has 146 valence electrons. The van der Waals surface area contributed by atoms with Crippen LogP contribution in [-0.2, 0) is 0 Å². The fourth-order valence-corrected chi connectivity index (χ4v) is 4.25. The maximum absolute atomic E-state index is 13.0. The Bertz CT molecular complexity index is 1110. The quantitative estimate of drug-likeness (QED) is 0.644. The van der Waals surface area contributed by atoms with Gasteiger partial charge in [0.05, 0.1) is 18.3 Å². The first kappa shape index (κ1) is 18.7. The van der Waals surface area contributed by atoms with Gasteiger partial charge in [0, 0.05) is 17.8 Å². The molecule has 1 aromatic carbocycles. The molecule has 1 fully saturated rings. The third kappa shape index (κ3) is 2.99. The Kier molecular flexibility index (Phi) is 4.69. The van der Waals surface area contributed by atoms with Gasteiger partial charge in [-0.25, -0.2) is 4.98 Å². The first-order valence-electron chi connectivity index (χ1n) is 9.99. The molecule has 1 unspecified atom stereocenters. The van der Waals surface area contributed by atoms with Crippen molar-refractivity contribution in [2.24, 2.45) is 5.92 Å². The van der Waals surface area contributed by atoms with Crippen LogP contribution in [0.1, 0.15) is 49.0 Å². The van der Waals surface area contributed by atoms with Gasteiger partial charge in [0.25, 0.3) is 5.56 Å². The van der Waals surface area contributed by atoms with Crippen molar-refractivity contribution in [2.45, 2.75) is 53.0 Å². The lowest BCUT2D eigenvalue weighted by Crippen LogP contribution is -2.29. The van der Waals surface area contributed by atoms with Gasteiger partial charge < -0.3 is 9.30 Å². The third-order valence-corrected chi connectivity index (χ3v) is 5.88. The Morgan fingerprint density at radius 3 is 2.61 bits per heavy atom. The summed E-state index contributed by atoms with van der Waals surface area (Å²) in [5.41, 5.74) is 6.21. The smallest absolute Gasteiger partial charge is 0.272 e. The maximum Gasteiger partial charge on any atom is 0.272 e. The molecule has 0 N–H and O–H groups in total. The standard InChI is InChI=1S/C23H27N3O2/c1-6-18(16-7-8-16)26-19-9-10-24-21(22(19)25-15(4)23(26)27)17-11-14(3)20(28-5)12-13(17)2/h9-12,16,18H,6-8H2,1-5H3. The van der Waals surface area contributed by atoms with Crippen molar-refractivity contribution in [1.29, 1.82) is 0 Å². The minimum Gasteiger partial charge on any atom is -0.496 e. The number of fused-ring (bicyclic) bond motifs is 1. The number of hydrogen-bond acceptors (Lipinski definition) is 4. The summed E-state index contributed by atoms with van der Waals surface area (Å²) in [6.07, 6.45) is 5.13. The Hall–Kier alpha value is -2.69. The second kappa shape index (κ2) is 7.04. The Labute approximate surface area is 165 Å². The zero-order chi connectivity index (χ0) is 20.0. The summed E-state index contributed by atoms with van der Waals surface area (Å²) in [6, 6.07) is 6.29. The summed E-state index contributed by atoms with van der Waals surface area (Å²) >= 11 is 0. The lowest BCUT2D eigenvalue weighted by atomic mass is 10.00. The first-order valence-corrected chi connectivity index (χ1v) is 9.99. The predicted molar refractivity (Wildman–Crippen MR) is 112 cm³/mol. The zero-order valence-corrected chi connectivity index (χ0v) is 17.2. The molecule has 0 spiro atoms. The molecule has 0 amide bonds. The van der Waals surface area contributed by atoms with Gasteiger partial charge in [-0.3, -0.25) is 9.78 Å². The van der Waals surface area contributed by atoms with Crippen molar-refractivity contribution in [1.82, 2.24) is 14.5 Å². The highest BCUT2D eigenvalue weighted by Crippen LogP contribution is 2.42. The van der Waals surface area contributed by atoms with Crippen molar-refractivity contribution in [3.05, 3.63) is 51.6 Å². The van der Waals surface area contributed by atoms with Crippen molar-refractivity contribution >= 4 is 11.0 Å². The lowest BCUT2D eigenvalue weighted by molar-refractivity contribution is 0.411. The Morgan fingerprint density at radius 2 is 1.96 bits per heavy atom. The van der Waals surface area contributed by atoms with E-state index in [1.54, 1.807) is 20.2 Å². The second-order valence-electron chi connectivity index (χ2n) is 7.85. The van der Waals surface area contributed by atoms with E-state index in [1.165, 1.54) is 12.8 Å². The predicted octanol–water partition coefficient (Wildman–Crippen LogP) is 4.75. The SMILES string of the molecule is CCC(C1CC1)n1c(=O)c(C)nc2c(-c3cc(C)c(OC)cc3C)nccc21. The Morgan fingerprint density at radius 1 is 1.21 bits per heavy atom. The normalized spacial score (nSPS) is 15.0. The molecule has 3 aromatic rings. The van der Waals surface area contributed by atoms with Gasteiger partial charge in [-0.1, -0.05) is 6.92 Å². The van der Waals surface area contributed by atoms with Gasteiger partial charge in [-0.2, -0.15) is 0 Å². The molecule has 0 aliphatic heterocycles. The van der Waals surface area contributed by atoms with Crippen LogP contribution in [0.15, 0.2) is 29.2 Å². The van der Waals surface area contributed by atoms with E-state index in [0.29, 0.717) is 11.6 Å². The summed E-state index contributed by atoms with van der Waals surface area (Å²) in [6.45, 7) is 8.05. The summed E-state index contributed by atoms with van der Waals surface area (Å²) in [5, 5.41) is 0. The largest absolute Gasteiger partial charge is 0.496 e. The second-order valence-corrected chi connectivity index (χ2v) is 7.85. The summed E-state index contributed by atoms with van der Waals surface area (Å²) in [5.74, 6) is 1.46. The summed E-state index contributed by atoms with van der Waals surface area (Å²) < 4.78 is 7.43. The van der Waals surface area contributed by atoms with Crippen LogP contribution in [0.5, 0.6) is 5.75 Å². The van der Waals surface area contributed by atoms with Crippen LogP contribution in [-0.4, -0.2) is 21.6 Å². The van der Waals surface area contributed by atoms with Gasteiger partial charge in [-0.15, -0.1) is 0 Å². The molecular weight excluding hydrogens is 350 g/mol. The van der Waals surface area contributed by atoms with Gasteiger partial charge in [0.15, 0.2) is 0 Å². The molecule has 1 atom stereocenters. The molecule has 0 bridgehead atoms. The van der Waals surface area contributed by atoms with Crippen LogP contribution >= 0.6 is 0 Å². The molecule has 4 rings (SSSR count). The molecule has 5 heteroatoms. The van der Waals surface area contributed by atoms with E-state index in [2.05, 4.69) is 24.9 Å². The van der Waals surface area contributed by atoms with Crippen molar-refractivity contribution in [3.8, 4) is 17.0 Å². The molecule has 1 aliphatic carbocycles. The number of methoxy groups -OCH3 is 1. The molecule has 2 aromatic heterocycles. The van der Waals surface area contributed by atoms with Crippen LogP contribution in [0, 0.1) is 26.7 Å². The lowest BCUT2D eigenvalue weighted by Gasteiger charge is -2.21. The fraction of sp³-hybridized carbons (Fsp3) is 0.435. The average molecular weight is 377 g/mol. The van der Waals surface area contributed by atoms with Crippen molar-refractivity contribution < 1.29 is 4.74 Å². The van der Waals surface area contributed by atoms with Crippen molar-refractivity contribution in [3.63, 3.8) is 0 Å². The topological polar surface area (TPSA) is 57.0 Å². The molecule has 1 aliphatic rings. The highest BCUT2D eigenvalue weighted by Gasteiger charge is 2.33. The van der Waals surface area contributed by atoms with E-state index in [4.69, 9.17) is 9.72 Å². The van der Waals surface area contributed by atoms with E-state index in [9.17, 15) is 4.79 Å². The van der Waals surface area contributed by atoms with Crippen LogP contribution in [0.25, 0.3) is 22.3 Å². The number of rotatable bonds is 5. The number of ether oxygens (including phenoxy) is 1. The molecule has 1 saturated carbocycles. The molecule has 0 radical (unpaired) electrons. The zero-order valence-electron chi connectivity index (χ0n) is 17.2. The fourth-order valence-electron chi connectivity index (χ4n) is 4.25. The molecule has 0 saturated heterocycles. The van der Waals surface area contributed by atoms with E-state index < -0.39 is 0 Å². The highest BCUT2D eigenvalue weighted by molar-refractivity contribution is 5.90. The van der Waals surface area contributed by atoms with Gasteiger partial charge >= 0.3 is 0 Å². The number of benzene rings is 1. The highest BCUT2D eigenvalue weighted by atomic mass is 16.5. The number of hydrogen-bond donors (Lipinski definition) is 0. The van der Waals surface area contributed by atoms with Crippen LogP contribution < -0.4 is 10.3 Å². The number of aryl methyl sites for hydroxylation is 3. The molecular formula is C23H27N3O2. The van der Waals surface area contributed by atoms with E-state index in [1.807, 2.05) is 23.6 Å². The molecule has 2 heterocycles. The number of aromatic nitrogens is 3. The van der Waals surface area contributed by atoms with Crippen LogP contribution in [0.4, 0.5) is 0 Å². The van der Waals surface area contributed by atoms with E-state index >= 15 is 0 Å². The van der Waals surface area contributed by atoms with Crippen molar-refractivity contribution in [2.75, 3.05) is 7.11 Å². The Balaban J connectivity index is 2.01. The monoisotopic (exact) mass is 377 g/mol. The summed E-state index contributed by atoms with van der Waals surface area (Å²) in [7, 11) is 1.68. The molecule has 28 heavy (non-hydrogen) atoms.